The van der Waals surface area contributed by atoms with Crippen molar-refractivity contribution in [3.8, 4) is 0 Å². The Balaban J connectivity index is 1.89. The molecule has 0 aliphatic carbocycles. The van der Waals surface area contributed by atoms with Gasteiger partial charge in [-0.2, -0.15) is 21.2 Å². The summed E-state index contributed by atoms with van der Waals surface area (Å²) in [4.78, 5) is 13.7. The van der Waals surface area contributed by atoms with Gasteiger partial charge in [0.25, 0.3) is 15.9 Å². The number of sulfonamides is 1. The van der Waals surface area contributed by atoms with E-state index in [0.29, 0.717) is 18.8 Å². The number of nitrogens with one attached hydrogen (secondary N) is 1. The van der Waals surface area contributed by atoms with Gasteiger partial charge in [-0.3, -0.25) is 9.48 Å². The van der Waals surface area contributed by atoms with Crippen LogP contribution in [0.5, 0.6) is 0 Å². The van der Waals surface area contributed by atoms with Crippen LogP contribution in [0.25, 0.3) is 0 Å². The summed E-state index contributed by atoms with van der Waals surface area (Å²) in [6.07, 6.45) is 3.39. The van der Waals surface area contributed by atoms with Crippen molar-refractivity contribution in [2.24, 2.45) is 7.05 Å². The Kier molecular flexibility index (Phi) is 5.96. The molecule has 1 aromatic heterocycles. The van der Waals surface area contributed by atoms with E-state index in [1.165, 1.54) is 15.2 Å². The normalized spacial score (nSPS) is 15.8. The molecule has 1 amide bonds. The molecular weight excluding hydrogens is 392 g/mol. The first kappa shape index (κ1) is 19.3. The average Bonchev–Trinajstić information content (AvgIpc) is 3.05. The zero-order valence-electron chi connectivity index (χ0n) is 14.5. The average molecular weight is 413 g/mol. The van der Waals surface area contributed by atoms with Crippen molar-refractivity contribution in [2.45, 2.75) is 9.92 Å². The summed E-state index contributed by atoms with van der Waals surface area (Å²) in [6, 6.07) is 7.39. The second-order valence-electron chi connectivity index (χ2n) is 5.72. The van der Waals surface area contributed by atoms with E-state index >= 15 is 0 Å². The fourth-order valence-electron chi connectivity index (χ4n) is 2.62. The molecule has 26 heavy (non-hydrogen) atoms. The quantitative estimate of drug-likeness (QED) is 0.758. The Hall–Kier alpha value is -1.49. The molecule has 0 radical (unpaired) electrons. The van der Waals surface area contributed by atoms with Crippen LogP contribution in [0.4, 0.5) is 5.69 Å². The number of benzene rings is 1. The van der Waals surface area contributed by atoms with E-state index in [-0.39, 0.29) is 10.6 Å². The maximum Gasteiger partial charge on any atom is 0.263 e. The number of hydrogen-bond donors (Lipinski definition) is 1. The number of nitrogens with zero attached hydrogens (tertiary/aromatic N) is 3. The fourth-order valence-corrected chi connectivity index (χ4v) is 5.78. The number of anilines is 1. The third-order valence-electron chi connectivity index (χ3n) is 3.92. The maximum atomic E-state index is 12.9. The van der Waals surface area contributed by atoms with Gasteiger partial charge in [0.2, 0.25) is 5.03 Å². The molecule has 0 spiro atoms. The zero-order chi connectivity index (χ0) is 18.7. The van der Waals surface area contributed by atoms with Crippen molar-refractivity contribution in [3.05, 3.63) is 36.0 Å². The van der Waals surface area contributed by atoms with E-state index in [0.717, 1.165) is 16.4 Å². The Morgan fingerprint density at radius 1 is 1.31 bits per heavy atom. The zero-order valence-corrected chi connectivity index (χ0v) is 17.0. The van der Waals surface area contributed by atoms with Gasteiger partial charge in [-0.05, 0) is 24.5 Å². The molecule has 0 atom stereocenters. The highest BCUT2D eigenvalue weighted by Gasteiger charge is 2.33. The summed E-state index contributed by atoms with van der Waals surface area (Å²) in [5, 5.41) is 6.65. The second kappa shape index (κ2) is 8.03. The molecule has 2 aromatic rings. The number of thioether (sulfide) groups is 2. The number of aromatic nitrogens is 2. The summed E-state index contributed by atoms with van der Waals surface area (Å²) in [7, 11) is -2.19. The Morgan fingerprint density at radius 2 is 2.04 bits per heavy atom. The number of amides is 1. The van der Waals surface area contributed by atoms with Gasteiger partial charge in [0.15, 0.2) is 0 Å². The Morgan fingerprint density at radius 3 is 2.73 bits per heavy atom. The molecular formula is C16H20N4O3S3. The molecule has 140 valence electrons. The van der Waals surface area contributed by atoms with Crippen LogP contribution in [0, 0.1) is 0 Å². The second-order valence-corrected chi connectivity index (χ2v) is 9.68. The maximum absolute atomic E-state index is 12.9. The van der Waals surface area contributed by atoms with Crippen molar-refractivity contribution in [1.82, 2.24) is 14.1 Å². The van der Waals surface area contributed by atoms with Crippen molar-refractivity contribution in [3.63, 3.8) is 0 Å². The van der Waals surface area contributed by atoms with E-state index in [4.69, 9.17) is 0 Å². The molecule has 1 fully saturated rings. The lowest BCUT2D eigenvalue weighted by Crippen LogP contribution is -2.38. The van der Waals surface area contributed by atoms with Crippen LogP contribution in [-0.2, 0) is 17.1 Å². The third-order valence-corrected chi connectivity index (χ3v) is 7.42. The molecule has 1 aliphatic heterocycles. The lowest BCUT2D eigenvalue weighted by atomic mass is 10.3. The van der Waals surface area contributed by atoms with E-state index < -0.39 is 15.9 Å². The monoisotopic (exact) mass is 412 g/mol. The number of carbonyl (C=O) groups is 1. The van der Waals surface area contributed by atoms with Crippen molar-refractivity contribution in [1.29, 1.82) is 0 Å². The van der Waals surface area contributed by atoms with Gasteiger partial charge in [-0.25, -0.2) is 8.42 Å². The number of rotatable bonds is 5. The molecule has 0 saturated carbocycles. The van der Waals surface area contributed by atoms with Crippen molar-refractivity contribution >= 4 is 45.1 Å². The van der Waals surface area contributed by atoms with E-state index in [1.807, 2.05) is 24.5 Å². The van der Waals surface area contributed by atoms with Gasteiger partial charge in [0, 0.05) is 48.4 Å². The summed E-state index contributed by atoms with van der Waals surface area (Å²) in [6.45, 7) is 0.862. The van der Waals surface area contributed by atoms with Crippen LogP contribution in [0.2, 0.25) is 0 Å². The van der Waals surface area contributed by atoms with Crippen LogP contribution in [0.3, 0.4) is 0 Å². The summed E-state index contributed by atoms with van der Waals surface area (Å²) >= 11 is 3.28. The molecule has 1 aromatic carbocycles. The molecule has 0 unspecified atom stereocenters. The van der Waals surface area contributed by atoms with E-state index in [9.17, 15) is 13.2 Å². The van der Waals surface area contributed by atoms with Crippen LogP contribution >= 0.6 is 23.5 Å². The fraction of sp³-hybridized carbons (Fsp3) is 0.375. The van der Waals surface area contributed by atoms with E-state index in [2.05, 4.69) is 10.4 Å². The Labute approximate surface area is 161 Å². The first-order chi connectivity index (χ1) is 12.4. The molecule has 10 heteroatoms. The number of carbonyl (C=O) groups excluding carboxylic acids is 1. The van der Waals surface area contributed by atoms with E-state index in [1.54, 1.807) is 36.6 Å². The molecule has 3 rings (SSSR count). The molecule has 0 bridgehead atoms. The van der Waals surface area contributed by atoms with Gasteiger partial charge < -0.3 is 5.32 Å². The highest BCUT2D eigenvalue weighted by molar-refractivity contribution is 7.99. The number of aryl methyl sites for hydroxylation is 1. The smallest absolute Gasteiger partial charge is 0.263 e. The largest absolute Gasteiger partial charge is 0.322 e. The summed E-state index contributed by atoms with van der Waals surface area (Å²) in [5.41, 5.74) is 0.670. The van der Waals surface area contributed by atoms with Gasteiger partial charge in [-0.15, -0.1) is 11.8 Å². The topological polar surface area (TPSA) is 84.3 Å². The van der Waals surface area contributed by atoms with Crippen LogP contribution in [-0.4, -0.2) is 59.3 Å². The number of hydrogen-bond acceptors (Lipinski definition) is 6. The molecule has 1 N–H and O–H groups in total. The van der Waals surface area contributed by atoms with Crippen LogP contribution < -0.4 is 5.32 Å². The van der Waals surface area contributed by atoms with Crippen molar-refractivity contribution < 1.29 is 13.2 Å². The van der Waals surface area contributed by atoms with Crippen LogP contribution in [0.15, 0.2) is 40.4 Å². The first-order valence-electron chi connectivity index (χ1n) is 7.99. The lowest BCUT2D eigenvalue weighted by molar-refractivity contribution is 0.102. The predicted octanol–water partition coefficient (Wildman–Crippen LogP) is 2.13. The summed E-state index contributed by atoms with van der Waals surface area (Å²) < 4.78 is 28.6. The molecule has 7 nitrogen and oxygen atoms in total. The van der Waals surface area contributed by atoms with Gasteiger partial charge >= 0.3 is 0 Å². The molecule has 2 heterocycles. The van der Waals surface area contributed by atoms with Gasteiger partial charge in [0.1, 0.15) is 0 Å². The van der Waals surface area contributed by atoms with Crippen LogP contribution in [0.1, 0.15) is 10.4 Å². The van der Waals surface area contributed by atoms with Gasteiger partial charge in [-0.1, -0.05) is 6.07 Å². The predicted molar refractivity (Wildman–Crippen MR) is 105 cm³/mol. The Bertz CT molecular complexity index is 905. The third kappa shape index (κ3) is 4.08. The summed E-state index contributed by atoms with van der Waals surface area (Å²) in [5.74, 6) is 1.01. The molecule has 1 aliphatic rings. The SMILES string of the molecule is CSc1cccc(NC(=O)c2cn(C)nc2S(=O)(=O)N2CCSCC2)c1. The standard InChI is InChI=1S/C16H20N4O3S3/c1-19-11-14(15(21)17-12-4-3-5-13(10-12)24-2)16(18-19)26(22,23)20-6-8-25-9-7-20/h3-5,10-11H,6-9H2,1-2H3,(H,17,21). The highest BCUT2D eigenvalue weighted by Crippen LogP contribution is 2.24. The highest BCUT2D eigenvalue weighted by atomic mass is 32.2. The lowest BCUT2D eigenvalue weighted by Gasteiger charge is -2.24. The minimum absolute atomic E-state index is 0.0558. The van der Waals surface area contributed by atoms with Crippen molar-refractivity contribution in [2.75, 3.05) is 36.2 Å². The minimum Gasteiger partial charge on any atom is -0.322 e. The molecule has 1 saturated heterocycles. The minimum atomic E-state index is -3.80. The first-order valence-corrected chi connectivity index (χ1v) is 11.8. The van der Waals surface area contributed by atoms with Gasteiger partial charge in [0.05, 0.1) is 5.56 Å².